The van der Waals surface area contributed by atoms with Gasteiger partial charge in [-0.1, -0.05) is 18.2 Å². The van der Waals surface area contributed by atoms with Gasteiger partial charge >= 0.3 is 0 Å². The molecule has 0 aliphatic heterocycles. The molecule has 2 N–H and O–H groups in total. The van der Waals surface area contributed by atoms with Gasteiger partial charge in [-0.15, -0.1) is 13.2 Å². The Morgan fingerprint density at radius 1 is 1.00 bits per heavy atom. The molecule has 0 unspecified atom stereocenters. The lowest BCUT2D eigenvalue weighted by atomic mass is 10.0. The molecule has 0 aliphatic rings. The molecule has 0 saturated heterocycles. The molecule has 13 heavy (non-hydrogen) atoms. The summed E-state index contributed by atoms with van der Waals surface area (Å²) in [5, 5.41) is 0. The van der Waals surface area contributed by atoms with E-state index in [9.17, 15) is 0 Å². The number of anilines is 1. The molecule has 68 valence electrons. The zero-order valence-corrected chi connectivity index (χ0v) is 7.79. The maximum Gasteiger partial charge on any atom is 0.0319 e. The number of hydrogen-bond donors (Lipinski definition) is 1. The van der Waals surface area contributed by atoms with Crippen LogP contribution in [0.1, 0.15) is 11.1 Å². The van der Waals surface area contributed by atoms with Crippen LogP contribution in [0.3, 0.4) is 0 Å². The molecule has 0 bridgehead atoms. The van der Waals surface area contributed by atoms with Gasteiger partial charge in [0.05, 0.1) is 0 Å². The summed E-state index contributed by atoms with van der Waals surface area (Å²) in [4.78, 5) is 0. The van der Waals surface area contributed by atoms with E-state index >= 15 is 0 Å². The number of nitrogens with two attached hydrogens (primary N) is 1. The van der Waals surface area contributed by atoms with Crippen LogP contribution in [-0.4, -0.2) is 0 Å². The fourth-order valence-electron chi connectivity index (χ4n) is 1.36. The molecule has 0 aliphatic carbocycles. The Labute approximate surface area is 79.6 Å². The second kappa shape index (κ2) is 4.51. The summed E-state index contributed by atoms with van der Waals surface area (Å²) in [6, 6.07) is 6.10. The summed E-state index contributed by atoms with van der Waals surface area (Å²) in [6.07, 6.45) is 5.50. The van der Waals surface area contributed by atoms with Crippen molar-refractivity contribution < 1.29 is 0 Å². The first kappa shape index (κ1) is 9.59. The standard InChI is InChI=1S/C12H15N/c1-3-5-10-7-11(6-4-2)9-12(13)8-10/h3-4,7-9H,1-2,5-6,13H2. The highest BCUT2D eigenvalue weighted by Gasteiger charge is 1.96. The predicted octanol–water partition coefficient (Wildman–Crippen LogP) is 2.73. The van der Waals surface area contributed by atoms with Gasteiger partial charge in [0.15, 0.2) is 0 Å². The second-order valence-corrected chi connectivity index (χ2v) is 3.07. The predicted molar refractivity (Wildman–Crippen MR) is 58.7 cm³/mol. The summed E-state index contributed by atoms with van der Waals surface area (Å²) < 4.78 is 0. The SMILES string of the molecule is C=CCc1cc(N)cc(CC=C)c1. The van der Waals surface area contributed by atoms with E-state index in [1.165, 1.54) is 11.1 Å². The van der Waals surface area contributed by atoms with E-state index in [0.29, 0.717) is 0 Å². The van der Waals surface area contributed by atoms with Gasteiger partial charge in [-0.2, -0.15) is 0 Å². The van der Waals surface area contributed by atoms with Gasteiger partial charge in [0.1, 0.15) is 0 Å². The first-order chi connectivity index (χ1) is 6.26. The maximum absolute atomic E-state index is 5.75. The Hall–Kier alpha value is -1.50. The number of hydrogen-bond acceptors (Lipinski definition) is 1. The minimum atomic E-state index is 0.816. The molecule has 0 heterocycles. The largest absolute Gasteiger partial charge is 0.399 e. The van der Waals surface area contributed by atoms with Gasteiger partial charge in [0.25, 0.3) is 0 Å². The highest BCUT2D eigenvalue weighted by Crippen LogP contribution is 2.13. The van der Waals surface area contributed by atoms with Crippen molar-refractivity contribution in [2.45, 2.75) is 12.8 Å². The van der Waals surface area contributed by atoms with Crippen LogP contribution in [0.15, 0.2) is 43.5 Å². The van der Waals surface area contributed by atoms with Gasteiger partial charge in [0.2, 0.25) is 0 Å². The fraction of sp³-hybridized carbons (Fsp3) is 0.167. The molecule has 0 aromatic heterocycles. The quantitative estimate of drug-likeness (QED) is 0.550. The van der Waals surface area contributed by atoms with Crippen molar-refractivity contribution in [3.8, 4) is 0 Å². The van der Waals surface area contributed by atoms with Crippen LogP contribution >= 0.6 is 0 Å². The van der Waals surface area contributed by atoms with Crippen LogP contribution in [0, 0.1) is 0 Å². The van der Waals surface area contributed by atoms with Crippen LogP contribution in [0.25, 0.3) is 0 Å². The number of allylic oxidation sites excluding steroid dienone is 2. The van der Waals surface area contributed by atoms with E-state index in [2.05, 4.69) is 19.2 Å². The van der Waals surface area contributed by atoms with Crippen molar-refractivity contribution in [1.82, 2.24) is 0 Å². The lowest BCUT2D eigenvalue weighted by Gasteiger charge is -2.03. The third-order valence-corrected chi connectivity index (χ3v) is 1.83. The number of benzene rings is 1. The molecular formula is C12H15N. The van der Waals surface area contributed by atoms with Gasteiger partial charge in [-0.05, 0) is 36.1 Å². The molecule has 0 spiro atoms. The highest BCUT2D eigenvalue weighted by atomic mass is 14.5. The zero-order chi connectivity index (χ0) is 9.68. The first-order valence-electron chi connectivity index (χ1n) is 4.36. The van der Waals surface area contributed by atoms with Crippen LogP contribution in [0.5, 0.6) is 0 Å². The average molecular weight is 173 g/mol. The van der Waals surface area contributed by atoms with E-state index in [-0.39, 0.29) is 0 Å². The smallest absolute Gasteiger partial charge is 0.0319 e. The van der Waals surface area contributed by atoms with Crippen LogP contribution < -0.4 is 5.73 Å². The van der Waals surface area contributed by atoms with Crippen molar-refractivity contribution in [1.29, 1.82) is 0 Å². The van der Waals surface area contributed by atoms with Crippen molar-refractivity contribution >= 4 is 5.69 Å². The maximum atomic E-state index is 5.75. The fourth-order valence-corrected chi connectivity index (χ4v) is 1.36. The van der Waals surface area contributed by atoms with Gasteiger partial charge in [-0.25, -0.2) is 0 Å². The molecule has 1 nitrogen and oxygen atoms in total. The summed E-state index contributed by atoms with van der Waals surface area (Å²) in [6.45, 7) is 7.40. The van der Waals surface area contributed by atoms with E-state index in [1.807, 2.05) is 24.3 Å². The van der Waals surface area contributed by atoms with Crippen LogP contribution in [0.2, 0.25) is 0 Å². The minimum Gasteiger partial charge on any atom is -0.399 e. The molecular weight excluding hydrogens is 158 g/mol. The van der Waals surface area contributed by atoms with Crippen molar-refractivity contribution in [3.63, 3.8) is 0 Å². The van der Waals surface area contributed by atoms with Gasteiger partial charge in [-0.3, -0.25) is 0 Å². The summed E-state index contributed by atoms with van der Waals surface area (Å²) >= 11 is 0. The molecule has 0 atom stereocenters. The number of rotatable bonds is 4. The van der Waals surface area contributed by atoms with Crippen molar-refractivity contribution in [2.24, 2.45) is 0 Å². The molecule has 0 radical (unpaired) electrons. The Morgan fingerprint density at radius 2 is 1.46 bits per heavy atom. The zero-order valence-electron chi connectivity index (χ0n) is 7.79. The van der Waals surface area contributed by atoms with E-state index in [1.54, 1.807) is 0 Å². The Bertz CT molecular complexity index is 285. The second-order valence-electron chi connectivity index (χ2n) is 3.07. The minimum absolute atomic E-state index is 0.816. The third kappa shape index (κ3) is 2.79. The van der Waals surface area contributed by atoms with E-state index in [0.717, 1.165) is 18.5 Å². The molecule has 1 heteroatoms. The van der Waals surface area contributed by atoms with E-state index < -0.39 is 0 Å². The summed E-state index contributed by atoms with van der Waals surface area (Å²) in [7, 11) is 0. The molecule has 0 fully saturated rings. The first-order valence-corrected chi connectivity index (χ1v) is 4.36. The van der Waals surface area contributed by atoms with Gasteiger partial charge < -0.3 is 5.73 Å². The molecule has 1 aromatic rings. The molecule has 0 saturated carbocycles. The lowest BCUT2D eigenvalue weighted by Crippen LogP contribution is -1.92. The van der Waals surface area contributed by atoms with Crippen LogP contribution in [-0.2, 0) is 12.8 Å². The molecule has 1 aromatic carbocycles. The average Bonchev–Trinajstić information content (AvgIpc) is 2.04. The number of nitrogen functional groups attached to an aromatic ring is 1. The molecule has 0 amide bonds. The Morgan fingerprint density at radius 3 is 1.85 bits per heavy atom. The van der Waals surface area contributed by atoms with E-state index in [4.69, 9.17) is 5.73 Å². The summed E-state index contributed by atoms with van der Waals surface area (Å²) in [5.41, 5.74) is 9.00. The lowest BCUT2D eigenvalue weighted by molar-refractivity contribution is 1.21. The Balaban J connectivity index is 2.95. The van der Waals surface area contributed by atoms with Crippen molar-refractivity contribution in [3.05, 3.63) is 54.6 Å². The highest BCUT2D eigenvalue weighted by molar-refractivity contribution is 5.45. The Kier molecular flexibility index (Phi) is 3.32. The molecule has 1 rings (SSSR count). The van der Waals surface area contributed by atoms with Crippen LogP contribution in [0.4, 0.5) is 5.69 Å². The monoisotopic (exact) mass is 173 g/mol. The van der Waals surface area contributed by atoms with Gasteiger partial charge in [0, 0.05) is 5.69 Å². The topological polar surface area (TPSA) is 26.0 Å². The normalized spacial score (nSPS) is 9.54. The summed E-state index contributed by atoms with van der Waals surface area (Å²) in [5.74, 6) is 0. The third-order valence-electron chi connectivity index (χ3n) is 1.83. The van der Waals surface area contributed by atoms with Crippen molar-refractivity contribution in [2.75, 3.05) is 5.73 Å².